The molecule has 1 N–H and O–H groups in total. The molecule has 2 aliphatic rings. The topological polar surface area (TPSA) is 77.1 Å². The monoisotopic (exact) mass is 388 g/mol. The molecule has 2 aromatic carbocycles. The Hall–Kier alpha value is -2.93. The summed E-state index contributed by atoms with van der Waals surface area (Å²) in [4.78, 5) is 26.4. The molecule has 0 bridgehead atoms. The number of hydrogen-bond acceptors (Lipinski definition) is 5. The van der Waals surface area contributed by atoms with Gasteiger partial charge in [0.25, 0.3) is 5.91 Å². The van der Waals surface area contributed by atoms with E-state index in [-0.39, 0.29) is 25.9 Å². The third-order valence-corrected chi connectivity index (χ3v) is 4.84. The number of carbonyl (C=O) groups excluding carboxylic acids is 2. The van der Waals surface area contributed by atoms with Crippen molar-refractivity contribution in [1.82, 2.24) is 10.2 Å². The second-order valence-corrected chi connectivity index (χ2v) is 6.82. The molecule has 8 heteroatoms. The lowest BCUT2D eigenvalue weighted by Gasteiger charge is -2.22. The molecule has 3 amide bonds. The first-order valence-corrected chi connectivity index (χ1v) is 8.78. The van der Waals surface area contributed by atoms with E-state index in [9.17, 15) is 9.59 Å². The molecule has 2 heterocycles. The van der Waals surface area contributed by atoms with Crippen molar-refractivity contribution < 1.29 is 23.8 Å². The van der Waals surface area contributed by atoms with E-state index in [0.717, 1.165) is 4.90 Å². The van der Waals surface area contributed by atoms with Crippen LogP contribution in [0.15, 0.2) is 42.5 Å². The largest absolute Gasteiger partial charge is 0.492 e. The summed E-state index contributed by atoms with van der Waals surface area (Å²) in [5, 5.41) is 3.31. The van der Waals surface area contributed by atoms with Gasteiger partial charge in [-0.3, -0.25) is 9.69 Å². The van der Waals surface area contributed by atoms with E-state index in [4.69, 9.17) is 25.8 Å². The molecule has 0 aliphatic carbocycles. The highest BCUT2D eigenvalue weighted by Gasteiger charge is 2.49. The van der Waals surface area contributed by atoms with Crippen LogP contribution in [-0.2, 0) is 10.3 Å². The maximum absolute atomic E-state index is 12.9. The molecule has 2 aromatic rings. The lowest BCUT2D eigenvalue weighted by atomic mass is 9.91. The summed E-state index contributed by atoms with van der Waals surface area (Å²) in [5.41, 5.74) is -0.544. The number of benzene rings is 2. The third kappa shape index (κ3) is 3.14. The van der Waals surface area contributed by atoms with Crippen molar-refractivity contribution >= 4 is 23.5 Å². The van der Waals surface area contributed by atoms with Crippen molar-refractivity contribution in [3.63, 3.8) is 0 Å². The fraction of sp³-hybridized carbons (Fsp3) is 0.263. The zero-order valence-electron chi connectivity index (χ0n) is 14.5. The minimum absolute atomic E-state index is 0.122. The second kappa shape index (κ2) is 6.66. The maximum atomic E-state index is 12.9. The molecule has 7 nitrogen and oxygen atoms in total. The molecule has 140 valence electrons. The van der Waals surface area contributed by atoms with Crippen molar-refractivity contribution in [2.24, 2.45) is 0 Å². The Morgan fingerprint density at radius 2 is 2.00 bits per heavy atom. The van der Waals surface area contributed by atoms with Crippen LogP contribution in [0.4, 0.5) is 4.79 Å². The predicted octanol–water partition coefficient (Wildman–Crippen LogP) is 2.91. The van der Waals surface area contributed by atoms with Gasteiger partial charge in [0.15, 0.2) is 11.5 Å². The zero-order valence-corrected chi connectivity index (χ0v) is 15.3. The van der Waals surface area contributed by atoms with Gasteiger partial charge in [-0.05, 0) is 42.8 Å². The molecule has 0 aromatic heterocycles. The van der Waals surface area contributed by atoms with Crippen LogP contribution in [0, 0.1) is 0 Å². The lowest BCUT2D eigenvalue weighted by Crippen LogP contribution is -2.41. The highest BCUT2D eigenvalue weighted by atomic mass is 35.5. The lowest BCUT2D eigenvalue weighted by molar-refractivity contribution is -0.131. The van der Waals surface area contributed by atoms with Gasteiger partial charge in [-0.15, -0.1) is 0 Å². The van der Waals surface area contributed by atoms with Gasteiger partial charge < -0.3 is 19.5 Å². The Kier molecular flexibility index (Phi) is 4.31. The molecule has 0 unspecified atom stereocenters. The highest BCUT2D eigenvalue weighted by molar-refractivity contribution is 6.30. The number of carbonyl (C=O) groups is 2. The number of hydrogen-bond donors (Lipinski definition) is 1. The normalized spacial score (nSPS) is 20.7. The van der Waals surface area contributed by atoms with Gasteiger partial charge >= 0.3 is 6.03 Å². The molecule has 27 heavy (non-hydrogen) atoms. The van der Waals surface area contributed by atoms with Gasteiger partial charge in [0.1, 0.15) is 17.9 Å². The van der Waals surface area contributed by atoms with Crippen LogP contribution in [0.25, 0.3) is 0 Å². The van der Waals surface area contributed by atoms with Gasteiger partial charge in [0, 0.05) is 5.02 Å². The van der Waals surface area contributed by atoms with E-state index >= 15 is 0 Å². The van der Waals surface area contributed by atoms with Gasteiger partial charge in [0.2, 0.25) is 6.79 Å². The van der Waals surface area contributed by atoms with Crippen molar-refractivity contribution in [3.8, 4) is 17.2 Å². The summed E-state index contributed by atoms with van der Waals surface area (Å²) in [6, 6.07) is 11.7. The number of halogens is 1. The minimum atomic E-state index is -1.17. The van der Waals surface area contributed by atoms with E-state index in [1.165, 1.54) is 0 Å². The molecule has 0 radical (unpaired) electrons. The summed E-state index contributed by atoms with van der Waals surface area (Å²) in [6.07, 6.45) is 0. The fourth-order valence-electron chi connectivity index (χ4n) is 3.11. The number of imide groups is 1. The summed E-state index contributed by atoms with van der Waals surface area (Å²) in [7, 11) is 0. The van der Waals surface area contributed by atoms with Crippen LogP contribution >= 0.6 is 11.6 Å². The average Bonchev–Trinajstić information content (AvgIpc) is 3.20. The predicted molar refractivity (Wildman–Crippen MR) is 97.1 cm³/mol. The standard InChI is InChI=1S/C19H17ClN2O5/c1-19(12-5-6-15-16(9-12)27-11-26-15)17(23)22(18(24)21-19)7-8-25-14-4-2-3-13(20)10-14/h2-6,9-10H,7-8,11H2,1H3,(H,21,24)/t19-/m0/s1. The molecule has 1 atom stereocenters. The maximum Gasteiger partial charge on any atom is 0.325 e. The van der Waals surface area contributed by atoms with Crippen LogP contribution in [0.1, 0.15) is 12.5 Å². The summed E-state index contributed by atoms with van der Waals surface area (Å²) >= 11 is 5.91. The van der Waals surface area contributed by atoms with Gasteiger partial charge in [-0.1, -0.05) is 23.7 Å². The van der Waals surface area contributed by atoms with Crippen LogP contribution < -0.4 is 19.5 Å². The van der Waals surface area contributed by atoms with Gasteiger partial charge in [0.05, 0.1) is 6.54 Å². The number of rotatable bonds is 5. The number of urea groups is 1. The van der Waals surface area contributed by atoms with E-state index in [0.29, 0.717) is 27.8 Å². The Morgan fingerprint density at radius 3 is 2.81 bits per heavy atom. The number of fused-ring (bicyclic) bond motifs is 1. The molecule has 4 rings (SSSR count). The quantitative estimate of drug-likeness (QED) is 0.797. The van der Waals surface area contributed by atoms with Crippen molar-refractivity contribution in [3.05, 3.63) is 53.1 Å². The Balaban J connectivity index is 1.46. The number of nitrogens with zero attached hydrogens (tertiary/aromatic N) is 1. The first-order valence-electron chi connectivity index (χ1n) is 8.40. The van der Waals surface area contributed by atoms with Gasteiger partial charge in [-0.2, -0.15) is 0 Å². The molecule has 2 aliphatic heterocycles. The van der Waals surface area contributed by atoms with Crippen LogP contribution in [-0.4, -0.2) is 36.8 Å². The Bertz CT molecular complexity index is 919. The summed E-state index contributed by atoms with van der Waals surface area (Å²) < 4.78 is 16.2. The zero-order chi connectivity index (χ0) is 19.0. The molecular formula is C19H17ClN2O5. The molecule has 0 spiro atoms. The van der Waals surface area contributed by atoms with Crippen molar-refractivity contribution in [1.29, 1.82) is 0 Å². The van der Waals surface area contributed by atoms with E-state index in [2.05, 4.69) is 5.32 Å². The number of amides is 3. The van der Waals surface area contributed by atoms with Crippen LogP contribution in [0.5, 0.6) is 17.2 Å². The van der Waals surface area contributed by atoms with Crippen LogP contribution in [0.3, 0.4) is 0 Å². The Labute approximate surface area is 160 Å². The number of nitrogens with one attached hydrogen (secondary N) is 1. The Morgan fingerprint density at radius 1 is 1.19 bits per heavy atom. The van der Waals surface area contributed by atoms with Crippen molar-refractivity contribution in [2.75, 3.05) is 19.9 Å². The SMILES string of the molecule is C[C@@]1(c2ccc3c(c2)OCO3)NC(=O)N(CCOc2cccc(Cl)c2)C1=O. The summed E-state index contributed by atoms with van der Waals surface area (Å²) in [6.45, 7) is 2.10. The minimum Gasteiger partial charge on any atom is -0.492 e. The molecule has 1 saturated heterocycles. The third-order valence-electron chi connectivity index (χ3n) is 4.60. The smallest absolute Gasteiger partial charge is 0.325 e. The first kappa shape index (κ1) is 17.5. The molecule has 0 saturated carbocycles. The number of ether oxygens (including phenoxy) is 3. The molecular weight excluding hydrogens is 372 g/mol. The average molecular weight is 389 g/mol. The van der Waals surface area contributed by atoms with Gasteiger partial charge in [-0.25, -0.2) is 4.79 Å². The fourth-order valence-corrected chi connectivity index (χ4v) is 3.30. The summed E-state index contributed by atoms with van der Waals surface area (Å²) in [5.74, 6) is 1.40. The van der Waals surface area contributed by atoms with Crippen LogP contribution in [0.2, 0.25) is 5.02 Å². The molecule has 1 fully saturated rings. The van der Waals surface area contributed by atoms with E-state index in [1.54, 1.807) is 49.4 Å². The second-order valence-electron chi connectivity index (χ2n) is 6.39. The van der Waals surface area contributed by atoms with Crippen molar-refractivity contribution in [2.45, 2.75) is 12.5 Å². The van der Waals surface area contributed by atoms with E-state index in [1.807, 2.05) is 0 Å². The first-order chi connectivity index (χ1) is 13.0. The van der Waals surface area contributed by atoms with E-state index < -0.39 is 11.6 Å². The highest BCUT2D eigenvalue weighted by Crippen LogP contribution is 2.37.